The number of rotatable bonds is 6. The third-order valence-electron chi connectivity index (χ3n) is 2.84. The number of carbonyl (C=O) groups is 2. The molecule has 0 spiro atoms. The predicted molar refractivity (Wildman–Crippen MR) is 85.0 cm³/mol. The van der Waals surface area contributed by atoms with Gasteiger partial charge < -0.3 is 10.6 Å². The smallest absolute Gasteiger partial charge is 0.238 e. The Morgan fingerprint density at radius 1 is 1.14 bits per heavy atom. The van der Waals surface area contributed by atoms with Crippen molar-refractivity contribution in [1.29, 1.82) is 0 Å². The summed E-state index contributed by atoms with van der Waals surface area (Å²) in [5.74, 6) is -0.979. The molecule has 6 heteroatoms. The Kier molecular flexibility index (Phi) is 6.49. The number of amides is 2. The van der Waals surface area contributed by atoms with Crippen LogP contribution in [0.5, 0.6) is 0 Å². The first-order valence-electron chi connectivity index (χ1n) is 7.29. The highest BCUT2D eigenvalue weighted by atomic mass is 19.1. The molecule has 0 unspecified atom stereocenters. The van der Waals surface area contributed by atoms with Crippen molar-refractivity contribution in [3.63, 3.8) is 0 Å². The summed E-state index contributed by atoms with van der Waals surface area (Å²) in [6.07, 6.45) is 0. The van der Waals surface area contributed by atoms with Crippen LogP contribution in [0.1, 0.15) is 27.7 Å². The maximum absolute atomic E-state index is 13.5. The molecule has 22 heavy (non-hydrogen) atoms. The quantitative estimate of drug-likeness (QED) is 0.845. The molecule has 0 aliphatic rings. The topological polar surface area (TPSA) is 61.4 Å². The number of anilines is 1. The van der Waals surface area contributed by atoms with Crippen molar-refractivity contribution in [2.24, 2.45) is 0 Å². The molecule has 0 saturated carbocycles. The number of likely N-dealkylation sites (N-methyl/N-ethyl adjacent to an activating group) is 1. The SMILES string of the molecule is CCN(CC(=O)Nc1ccccc1F)CC(=O)NC(C)(C)C. The van der Waals surface area contributed by atoms with E-state index in [-0.39, 0.29) is 36.1 Å². The van der Waals surface area contributed by atoms with E-state index in [2.05, 4.69) is 10.6 Å². The summed E-state index contributed by atoms with van der Waals surface area (Å²) < 4.78 is 13.5. The average molecular weight is 309 g/mol. The van der Waals surface area contributed by atoms with Gasteiger partial charge >= 0.3 is 0 Å². The number of nitrogens with zero attached hydrogens (tertiary/aromatic N) is 1. The van der Waals surface area contributed by atoms with Crippen molar-refractivity contribution in [2.75, 3.05) is 25.0 Å². The van der Waals surface area contributed by atoms with E-state index >= 15 is 0 Å². The van der Waals surface area contributed by atoms with Gasteiger partial charge in [-0.1, -0.05) is 19.1 Å². The van der Waals surface area contributed by atoms with Crippen molar-refractivity contribution in [1.82, 2.24) is 10.2 Å². The molecule has 1 aromatic rings. The summed E-state index contributed by atoms with van der Waals surface area (Å²) in [5.41, 5.74) is -0.172. The molecular formula is C16H24FN3O2. The Morgan fingerprint density at radius 2 is 1.73 bits per heavy atom. The van der Waals surface area contributed by atoms with Gasteiger partial charge in [0.05, 0.1) is 18.8 Å². The van der Waals surface area contributed by atoms with Crippen LogP contribution < -0.4 is 10.6 Å². The molecule has 2 amide bonds. The van der Waals surface area contributed by atoms with Crippen molar-refractivity contribution >= 4 is 17.5 Å². The molecule has 0 atom stereocenters. The van der Waals surface area contributed by atoms with E-state index in [0.717, 1.165) is 0 Å². The molecule has 0 bridgehead atoms. The molecule has 0 fully saturated rings. The predicted octanol–water partition coefficient (Wildman–Crippen LogP) is 2.00. The molecule has 0 aliphatic carbocycles. The van der Waals surface area contributed by atoms with E-state index in [1.807, 2.05) is 27.7 Å². The monoisotopic (exact) mass is 309 g/mol. The van der Waals surface area contributed by atoms with Gasteiger partial charge in [0.15, 0.2) is 0 Å². The summed E-state index contributed by atoms with van der Waals surface area (Å²) in [4.78, 5) is 25.5. The molecule has 122 valence electrons. The Hall–Kier alpha value is -1.95. The average Bonchev–Trinajstić information content (AvgIpc) is 2.38. The molecule has 0 saturated heterocycles. The summed E-state index contributed by atoms with van der Waals surface area (Å²) in [7, 11) is 0. The Balaban J connectivity index is 2.53. The van der Waals surface area contributed by atoms with Gasteiger partial charge in [0.25, 0.3) is 0 Å². The second kappa shape index (κ2) is 7.89. The fourth-order valence-corrected chi connectivity index (χ4v) is 1.90. The van der Waals surface area contributed by atoms with Crippen molar-refractivity contribution in [3.05, 3.63) is 30.1 Å². The maximum Gasteiger partial charge on any atom is 0.238 e. The van der Waals surface area contributed by atoms with Gasteiger partial charge in [0.1, 0.15) is 5.82 Å². The molecule has 1 rings (SSSR count). The van der Waals surface area contributed by atoms with Crippen molar-refractivity contribution < 1.29 is 14.0 Å². The molecule has 2 N–H and O–H groups in total. The molecule has 0 heterocycles. The number of halogens is 1. The fraction of sp³-hybridized carbons (Fsp3) is 0.500. The zero-order valence-corrected chi connectivity index (χ0v) is 13.6. The van der Waals surface area contributed by atoms with Crippen LogP contribution >= 0.6 is 0 Å². The van der Waals surface area contributed by atoms with Gasteiger partial charge in [-0.15, -0.1) is 0 Å². The fourth-order valence-electron chi connectivity index (χ4n) is 1.90. The first-order valence-corrected chi connectivity index (χ1v) is 7.29. The zero-order valence-electron chi connectivity index (χ0n) is 13.6. The Morgan fingerprint density at radius 3 is 2.27 bits per heavy atom. The first kappa shape index (κ1) is 18.1. The first-order chi connectivity index (χ1) is 10.2. The van der Waals surface area contributed by atoms with E-state index in [1.54, 1.807) is 17.0 Å². The molecular weight excluding hydrogens is 285 g/mol. The lowest BCUT2D eigenvalue weighted by Crippen LogP contribution is -2.47. The van der Waals surface area contributed by atoms with Crippen LogP contribution in [0.4, 0.5) is 10.1 Å². The van der Waals surface area contributed by atoms with Crippen LogP contribution in [-0.2, 0) is 9.59 Å². The highest BCUT2D eigenvalue weighted by Crippen LogP contribution is 2.12. The Bertz CT molecular complexity index is 526. The maximum atomic E-state index is 13.5. The number of hydrogen-bond acceptors (Lipinski definition) is 3. The minimum Gasteiger partial charge on any atom is -0.350 e. The van der Waals surface area contributed by atoms with Gasteiger partial charge in [-0.25, -0.2) is 4.39 Å². The van der Waals surface area contributed by atoms with Gasteiger partial charge in [-0.05, 0) is 39.4 Å². The van der Waals surface area contributed by atoms with E-state index in [1.165, 1.54) is 12.1 Å². The van der Waals surface area contributed by atoms with Crippen LogP contribution in [0.25, 0.3) is 0 Å². The third kappa shape index (κ3) is 6.67. The minimum absolute atomic E-state index is 0.0302. The lowest BCUT2D eigenvalue weighted by Gasteiger charge is -2.24. The number of nitrogens with one attached hydrogen (secondary N) is 2. The van der Waals surface area contributed by atoms with Crippen LogP contribution in [-0.4, -0.2) is 41.9 Å². The van der Waals surface area contributed by atoms with E-state index in [9.17, 15) is 14.0 Å². The third-order valence-corrected chi connectivity index (χ3v) is 2.84. The van der Waals surface area contributed by atoms with E-state index in [4.69, 9.17) is 0 Å². The number of benzene rings is 1. The van der Waals surface area contributed by atoms with Crippen molar-refractivity contribution in [2.45, 2.75) is 33.2 Å². The minimum atomic E-state index is -0.482. The second-order valence-corrected chi connectivity index (χ2v) is 6.13. The zero-order chi connectivity index (χ0) is 16.8. The Labute approximate surface area is 130 Å². The lowest BCUT2D eigenvalue weighted by atomic mass is 10.1. The van der Waals surface area contributed by atoms with E-state index < -0.39 is 5.82 Å². The van der Waals surface area contributed by atoms with Gasteiger partial charge in [0, 0.05) is 5.54 Å². The largest absolute Gasteiger partial charge is 0.350 e. The molecule has 5 nitrogen and oxygen atoms in total. The summed E-state index contributed by atoms with van der Waals surface area (Å²) in [6, 6.07) is 5.98. The highest BCUT2D eigenvalue weighted by Gasteiger charge is 2.18. The second-order valence-electron chi connectivity index (χ2n) is 6.13. The molecule has 0 aromatic heterocycles. The summed E-state index contributed by atoms with van der Waals surface area (Å²) in [6.45, 7) is 8.24. The van der Waals surface area contributed by atoms with Gasteiger partial charge in [-0.3, -0.25) is 14.5 Å². The van der Waals surface area contributed by atoms with Gasteiger partial charge in [0.2, 0.25) is 11.8 Å². The number of para-hydroxylation sites is 1. The van der Waals surface area contributed by atoms with E-state index in [0.29, 0.717) is 6.54 Å². The van der Waals surface area contributed by atoms with Crippen molar-refractivity contribution in [3.8, 4) is 0 Å². The molecule has 0 aliphatic heterocycles. The number of hydrogen-bond donors (Lipinski definition) is 2. The summed E-state index contributed by atoms with van der Waals surface area (Å²) in [5, 5.41) is 5.35. The summed E-state index contributed by atoms with van der Waals surface area (Å²) >= 11 is 0. The number of carbonyl (C=O) groups excluding carboxylic acids is 2. The van der Waals surface area contributed by atoms with Crippen LogP contribution in [0.3, 0.4) is 0 Å². The molecule has 0 radical (unpaired) electrons. The van der Waals surface area contributed by atoms with Crippen LogP contribution in [0.2, 0.25) is 0 Å². The lowest BCUT2D eigenvalue weighted by molar-refractivity contribution is -0.124. The van der Waals surface area contributed by atoms with Crippen LogP contribution in [0, 0.1) is 5.82 Å². The highest BCUT2D eigenvalue weighted by molar-refractivity contribution is 5.92. The van der Waals surface area contributed by atoms with Crippen LogP contribution in [0.15, 0.2) is 24.3 Å². The molecule has 1 aromatic carbocycles. The standard InChI is InChI=1S/C16H24FN3O2/c1-5-20(11-15(22)19-16(2,3)4)10-14(21)18-13-9-7-6-8-12(13)17/h6-9H,5,10-11H2,1-4H3,(H,18,21)(H,19,22). The normalized spacial score (nSPS) is 11.4. The van der Waals surface area contributed by atoms with Gasteiger partial charge in [-0.2, -0.15) is 0 Å².